The lowest BCUT2D eigenvalue weighted by Crippen LogP contribution is -2.26. The molecule has 1 amide bonds. The summed E-state index contributed by atoms with van der Waals surface area (Å²) in [5, 5.41) is 13.5. The third-order valence-electron chi connectivity index (χ3n) is 2.81. The third kappa shape index (κ3) is 3.37. The number of hydrogen-bond donors (Lipinski definition) is 1. The fourth-order valence-corrected chi connectivity index (χ4v) is 1.73. The van der Waals surface area contributed by atoms with Gasteiger partial charge in [-0.3, -0.25) is 4.79 Å². The number of tetrazole rings is 1. The van der Waals surface area contributed by atoms with Crippen molar-refractivity contribution in [3.63, 3.8) is 0 Å². The Bertz CT molecular complexity index is 582. The van der Waals surface area contributed by atoms with Gasteiger partial charge in [-0.1, -0.05) is 13.8 Å². The van der Waals surface area contributed by atoms with Crippen LogP contribution in [0.25, 0.3) is 5.69 Å². The van der Waals surface area contributed by atoms with E-state index < -0.39 is 5.82 Å². The number of rotatable bonds is 5. The molecule has 1 heterocycles. The Morgan fingerprint density at radius 2 is 2.25 bits per heavy atom. The van der Waals surface area contributed by atoms with Gasteiger partial charge >= 0.3 is 0 Å². The van der Waals surface area contributed by atoms with Gasteiger partial charge in [0, 0.05) is 6.54 Å². The highest BCUT2D eigenvalue weighted by Gasteiger charge is 2.14. The third-order valence-corrected chi connectivity index (χ3v) is 2.81. The number of hydrogen-bond acceptors (Lipinski definition) is 4. The van der Waals surface area contributed by atoms with Crippen LogP contribution in [0.15, 0.2) is 24.5 Å². The molecule has 20 heavy (non-hydrogen) atoms. The second-order valence-corrected chi connectivity index (χ2v) is 4.85. The van der Waals surface area contributed by atoms with Crippen molar-refractivity contribution in [2.45, 2.75) is 20.3 Å². The van der Waals surface area contributed by atoms with Gasteiger partial charge in [-0.2, -0.15) is 4.68 Å². The first kappa shape index (κ1) is 14.1. The summed E-state index contributed by atoms with van der Waals surface area (Å²) in [6.07, 6.45) is 2.22. The lowest BCUT2D eigenvalue weighted by Gasteiger charge is -2.10. The number of nitrogens with zero attached hydrogens (tertiary/aromatic N) is 4. The molecule has 0 aliphatic rings. The van der Waals surface area contributed by atoms with E-state index in [0.29, 0.717) is 18.2 Å². The zero-order chi connectivity index (χ0) is 14.5. The monoisotopic (exact) mass is 277 g/mol. The van der Waals surface area contributed by atoms with E-state index in [1.807, 2.05) is 0 Å². The summed E-state index contributed by atoms with van der Waals surface area (Å²) < 4.78 is 14.7. The standard InChI is InChI=1S/C13H16FN5O/c1-9(2)5-6-15-13(20)11-7-10(14)3-4-12(11)19-8-16-17-18-19/h3-4,7-9H,5-6H2,1-2H3,(H,15,20). The summed E-state index contributed by atoms with van der Waals surface area (Å²) in [6, 6.07) is 3.92. The predicted molar refractivity (Wildman–Crippen MR) is 70.9 cm³/mol. The van der Waals surface area contributed by atoms with Crippen molar-refractivity contribution in [3.05, 3.63) is 35.9 Å². The number of carbonyl (C=O) groups is 1. The molecular formula is C13H16FN5O. The van der Waals surface area contributed by atoms with Crippen molar-refractivity contribution in [2.75, 3.05) is 6.54 Å². The van der Waals surface area contributed by atoms with Gasteiger partial charge in [0.25, 0.3) is 5.91 Å². The lowest BCUT2D eigenvalue weighted by atomic mass is 10.1. The molecule has 106 valence electrons. The minimum Gasteiger partial charge on any atom is -0.352 e. The largest absolute Gasteiger partial charge is 0.352 e. The molecule has 1 N–H and O–H groups in total. The molecule has 0 radical (unpaired) electrons. The van der Waals surface area contributed by atoms with E-state index in [0.717, 1.165) is 6.42 Å². The van der Waals surface area contributed by atoms with E-state index in [1.165, 1.54) is 29.2 Å². The Balaban J connectivity index is 2.21. The predicted octanol–water partition coefficient (Wildman–Crippen LogP) is 1.58. The zero-order valence-corrected chi connectivity index (χ0v) is 11.4. The van der Waals surface area contributed by atoms with Crippen molar-refractivity contribution in [2.24, 2.45) is 5.92 Å². The molecule has 0 aliphatic carbocycles. The number of amides is 1. The van der Waals surface area contributed by atoms with Crippen LogP contribution in [-0.4, -0.2) is 32.7 Å². The van der Waals surface area contributed by atoms with Gasteiger partial charge in [-0.25, -0.2) is 4.39 Å². The molecule has 0 saturated carbocycles. The number of halogens is 1. The molecule has 0 fully saturated rings. The zero-order valence-electron chi connectivity index (χ0n) is 11.4. The van der Waals surface area contributed by atoms with E-state index in [2.05, 4.69) is 34.7 Å². The van der Waals surface area contributed by atoms with Crippen LogP contribution >= 0.6 is 0 Å². The average molecular weight is 277 g/mol. The SMILES string of the molecule is CC(C)CCNC(=O)c1cc(F)ccc1-n1cnnn1. The fourth-order valence-electron chi connectivity index (χ4n) is 1.73. The number of carbonyl (C=O) groups excluding carboxylic acids is 1. The highest BCUT2D eigenvalue weighted by molar-refractivity contribution is 5.97. The second kappa shape index (κ2) is 6.23. The van der Waals surface area contributed by atoms with Crippen LogP contribution in [0.5, 0.6) is 0 Å². The summed E-state index contributed by atoms with van der Waals surface area (Å²) in [5.41, 5.74) is 0.652. The molecular weight excluding hydrogens is 261 g/mol. The molecule has 6 nitrogen and oxygen atoms in total. The summed E-state index contributed by atoms with van der Waals surface area (Å²) in [5.74, 6) is -0.326. The molecule has 7 heteroatoms. The Morgan fingerprint density at radius 1 is 1.45 bits per heavy atom. The van der Waals surface area contributed by atoms with E-state index >= 15 is 0 Å². The van der Waals surface area contributed by atoms with Gasteiger partial charge in [-0.05, 0) is 41.0 Å². The summed E-state index contributed by atoms with van der Waals surface area (Å²) >= 11 is 0. The number of benzene rings is 1. The maximum atomic E-state index is 13.4. The number of aromatic nitrogens is 4. The van der Waals surface area contributed by atoms with Gasteiger partial charge in [0.05, 0.1) is 11.3 Å². The molecule has 0 aliphatic heterocycles. The van der Waals surface area contributed by atoms with Crippen LogP contribution in [0.3, 0.4) is 0 Å². The Morgan fingerprint density at radius 3 is 2.90 bits per heavy atom. The molecule has 0 saturated heterocycles. The van der Waals surface area contributed by atoms with Gasteiger partial charge < -0.3 is 5.32 Å². The summed E-state index contributed by atoms with van der Waals surface area (Å²) in [4.78, 5) is 12.1. The van der Waals surface area contributed by atoms with E-state index in [9.17, 15) is 9.18 Å². The average Bonchev–Trinajstić information content (AvgIpc) is 2.91. The number of nitrogens with one attached hydrogen (secondary N) is 1. The molecule has 2 aromatic rings. The Kier molecular flexibility index (Phi) is 4.39. The molecule has 0 unspecified atom stereocenters. The van der Waals surface area contributed by atoms with Crippen LogP contribution in [0.4, 0.5) is 4.39 Å². The van der Waals surface area contributed by atoms with Crippen LogP contribution in [0.1, 0.15) is 30.6 Å². The van der Waals surface area contributed by atoms with E-state index in [4.69, 9.17) is 0 Å². The quantitative estimate of drug-likeness (QED) is 0.900. The topological polar surface area (TPSA) is 72.7 Å². The van der Waals surface area contributed by atoms with Gasteiger partial charge in [-0.15, -0.1) is 5.10 Å². The first-order chi connectivity index (χ1) is 9.58. The van der Waals surface area contributed by atoms with Crippen LogP contribution in [0, 0.1) is 11.7 Å². The molecule has 0 spiro atoms. The summed E-state index contributed by atoms with van der Waals surface area (Å²) in [7, 11) is 0. The van der Waals surface area contributed by atoms with Gasteiger partial charge in [0.15, 0.2) is 0 Å². The molecule has 1 aromatic carbocycles. The Hall–Kier alpha value is -2.31. The van der Waals surface area contributed by atoms with E-state index in [-0.39, 0.29) is 11.5 Å². The van der Waals surface area contributed by atoms with E-state index in [1.54, 1.807) is 0 Å². The van der Waals surface area contributed by atoms with Crippen molar-refractivity contribution in [3.8, 4) is 5.69 Å². The molecule has 2 rings (SSSR count). The normalized spacial score (nSPS) is 10.8. The second-order valence-electron chi connectivity index (χ2n) is 4.85. The van der Waals surface area contributed by atoms with Crippen LogP contribution in [0.2, 0.25) is 0 Å². The van der Waals surface area contributed by atoms with Crippen molar-refractivity contribution in [1.82, 2.24) is 25.5 Å². The first-order valence-electron chi connectivity index (χ1n) is 6.39. The first-order valence-corrected chi connectivity index (χ1v) is 6.39. The molecule has 0 bridgehead atoms. The summed E-state index contributed by atoms with van der Waals surface area (Å²) in [6.45, 7) is 4.68. The van der Waals surface area contributed by atoms with Crippen LogP contribution < -0.4 is 5.32 Å². The van der Waals surface area contributed by atoms with Crippen molar-refractivity contribution >= 4 is 5.91 Å². The van der Waals surface area contributed by atoms with Crippen LogP contribution in [-0.2, 0) is 0 Å². The van der Waals surface area contributed by atoms with Gasteiger partial charge in [0.1, 0.15) is 12.1 Å². The molecule has 0 atom stereocenters. The minimum absolute atomic E-state index is 0.209. The van der Waals surface area contributed by atoms with Gasteiger partial charge in [0.2, 0.25) is 0 Å². The highest BCUT2D eigenvalue weighted by Crippen LogP contribution is 2.15. The lowest BCUT2D eigenvalue weighted by molar-refractivity contribution is 0.0951. The van der Waals surface area contributed by atoms with Crippen molar-refractivity contribution < 1.29 is 9.18 Å². The smallest absolute Gasteiger partial charge is 0.253 e. The fraction of sp³-hybridized carbons (Fsp3) is 0.385. The van der Waals surface area contributed by atoms with Crippen molar-refractivity contribution in [1.29, 1.82) is 0 Å². The minimum atomic E-state index is -0.476. The maximum absolute atomic E-state index is 13.4. The maximum Gasteiger partial charge on any atom is 0.253 e. The molecule has 1 aromatic heterocycles. The highest BCUT2D eigenvalue weighted by atomic mass is 19.1. The Labute approximate surface area is 116 Å².